The van der Waals surface area contributed by atoms with E-state index >= 15 is 0 Å². The fraction of sp³-hybridized carbons (Fsp3) is 0.600. The summed E-state index contributed by atoms with van der Waals surface area (Å²) in [5.41, 5.74) is 1.66. The highest BCUT2D eigenvalue weighted by atomic mass is 32.2. The molecule has 0 bridgehead atoms. The van der Waals surface area contributed by atoms with Gasteiger partial charge in [-0.1, -0.05) is 11.3 Å². The number of hydrogen-bond donors (Lipinski definition) is 1. The Kier molecular flexibility index (Phi) is 3.44. The van der Waals surface area contributed by atoms with Crippen LogP contribution in [0.25, 0.3) is 0 Å². The quantitative estimate of drug-likeness (QED) is 0.745. The summed E-state index contributed by atoms with van der Waals surface area (Å²) >= 11 is 1.44. The minimum atomic E-state index is -0.733. The predicted molar refractivity (Wildman–Crippen MR) is 47.3 cm³/mol. The Bertz CT molecular complexity index is 224. The van der Waals surface area contributed by atoms with Crippen molar-refractivity contribution in [2.24, 2.45) is 0 Å². The Morgan fingerprint density at radius 3 is 3.18 bits per heavy atom. The molecule has 4 nitrogen and oxygen atoms in total. The van der Waals surface area contributed by atoms with Crippen LogP contribution < -0.4 is 5.32 Å². The molecule has 1 aromatic rings. The van der Waals surface area contributed by atoms with E-state index in [1.54, 1.807) is 11.8 Å². The molecule has 62 valence electrons. The summed E-state index contributed by atoms with van der Waals surface area (Å²) in [5, 5.41) is 11.2. The van der Waals surface area contributed by atoms with Crippen LogP contribution in [0.15, 0.2) is 5.51 Å². The van der Waals surface area contributed by atoms with Gasteiger partial charge in [0.05, 0.1) is 0 Å². The van der Waals surface area contributed by atoms with Crippen LogP contribution in [0.5, 0.6) is 0 Å². The van der Waals surface area contributed by atoms with Crippen molar-refractivity contribution in [3.05, 3.63) is 5.51 Å². The third kappa shape index (κ3) is 3.43. The van der Waals surface area contributed by atoms with E-state index in [0.29, 0.717) is 12.3 Å². The number of rotatable bonds is 4. The molecular weight excluding hydrogens is 182 g/mol. The Morgan fingerprint density at radius 2 is 2.64 bits per heavy atom. The van der Waals surface area contributed by atoms with Crippen molar-refractivity contribution in [1.29, 1.82) is 0 Å². The van der Waals surface area contributed by atoms with Gasteiger partial charge in [-0.25, -0.2) is 0 Å². The van der Waals surface area contributed by atoms with E-state index in [1.165, 1.54) is 11.3 Å². The predicted octanol–water partition coefficient (Wildman–Crippen LogP) is 0.328. The van der Waals surface area contributed by atoms with Gasteiger partial charge >= 0.3 is 0 Å². The molecule has 0 radical (unpaired) electrons. The molecule has 0 fully saturated rings. The van der Waals surface area contributed by atoms with Crippen LogP contribution in [0.4, 0.5) is 5.13 Å². The van der Waals surface area contributed by atoms with Crippen LogP contribution >= 0.6 is 11.3 Å². The molecular formula is C5H9N3OS2. The van der Waals surface area contributed by atoms with Gasteiger partial charge in [0.15, 0.2) is 0 Å². The molecule has 0 saturated carbocycles. The third-order valence-corrected chi connectivity index (χ3v) is 2.45. The fourth-order valence-corrected chi connectivity index (χ4v) is 1.42. The Morgan fingerprint density at radius 1 is 1.82 bits per heavy atom. The second-order valence-electron chi connectivity index (χ2n) is 1.95. The Hall–Kier alpha value is -0.490. The third-order valence-electron chi connectivity index (χ3n) is 1.03. The largest absolute Gasteiger partial charge is 0.359 e. The van der Waals surface area contributed by atoms with E-state index in [0.717, 1.165) is 5.13 Å². The van der Waals surface area contributed by atoms with Crippen LogP contribution in [0, 0.1) is 0 Å². The first-order valence-electron chi connectivity index (χ1n) is 3.09. The number of aromatic nitrogens is 2. The van der Waals surface area contributed by atoms with Gasteiger partial charge in [-0.3, -0.25) is 4.21 Å². The minimum absolute atomic E-state index is 0.652. The molecule has 1 atom stereocenters. The smallest absolute Gasteiger partial charge is 0.205 e. The maximum Gasteiger partial charge on any atom is 0.205 e. The lowest BCUT2D eigenvalue weighted by Gasteiger charge is -1.97. The zero-order valence-electron chi connectivity index (χ0n) is 6.11. The Labute approximate surface area is 71.5 Å². The highest BCUT2D eigenvalue weighted by Gasteiger charge is 1.94. The lowest BCUT2D eigenvalue weighted by molar-refractivity contribution is 0.687. The summed E-state index contributed by atoms with van der Waals surface area (Å²) in [6.45, 7) is 0.693. The summed E-state index contributed by atoms with van der Waals surface area (Å²) in [7, 11) is -0.733. The van der Waals surface area contributed by atoms with Gasteiger partial charge in [-0.15, -0.1) is 10.2 Å². The molecule has 0 saturated heterocycles. The zero-order chi connectivity index (χ0) is 8.10. The summed E-state index contributed by atoms with van der Waals surface area (Å²) < 4.78 is 10.6. The van der Waals surface area contributed by atoms with Crippen molar-refractivity contribution in [3.8, 4) is 0 Å². The van der Waals surface area contributed by atoms with Crippen LogP contribution in [0.2, 0.25) is 0 Å². The fourth-order valence-electron chi connectivity index (χ4n) is 0.552. The molecule has 0 aliphatic heterocycles. The normalized spacial score (nSPS) is 12.8. The summed E-state index contributed by atoms with van der Waals surface area (Å²) in [4.78, 5) is 0. The first-order valence-corrected chi connectivity index (χ1v) is 5.70. The molecule has 0 aromatic carbocycles. The average Bonchev–Trinajstić information content (AvgIpc) is 2.39. The lowest BCUT2D eigenvalue weighted by Crippen LogP contribution is -2.09. The average molecular weight is 191 g/mol. The number of hydrogen-bond acceptors (Lipinski definition) is 5. The van der Waals surface area contributed by atoms with Gasteiger partial charge in [0.2, 0.25) is 5.13 Å². The molecule has 1 heterocycles. The molecule has 0 spiro atoms. The van der Waals surface area contributed by atoms with Crippen LogP contribution in [0.1, 0.15) is 0 Å². The molecule has 1 unspecified atom stereocenters. The first-order chi connectivity index (χ1) is 5.29. The van der Waals surface area contributed by atoms with Gasteiger partial charge in [-0.2, -0.15) is 0 Å². The summed E-state index contributed by atoms with van der Waals surface area (Å²) in [6.07, 6.45) is 1.68. The molecule has 1 aromatic heterocycles. The second-order valence-corrected chi connectivity index (χ2v) is 4.34. The van der Waals surface area contributed by atoms with E-state index in [1.807, 2.05) is 0 Å². The van der Waals surface area contributed by atoms with Gasteiger partial charge in [0.25, 0.3) is 0 Å². The van der Waals surface area contributed by atoms with Gasteiger partial charge in [0.1, 0.15) is 5.51 Å². The highest BCUT2D eigenvalue weighted by Crippen LogP contribution is 2.06. The van der Waals surface area contributed by atoms with Crippen molar-refractivity contribution in [1.82, 2.24) is 10.2 Å². The van der Waals surface area contributed by atoms with Crippen molar-refractivity contribution in [3.63, 3.8) is 0 Å². The monoisotopic (exact) mass is 191 g/mol. The SMILES string of the molecule is CS(=O)CCNc1nncs1. The highest BCUT2D eigenvalue weighted by molar-refractivity contribution is 7.84. The zero-order valence-corrected chi connectivity index (χ0v) is 7.74. The van der Waals surface area contributed by atoms with E-state index in [2.05, 4.69) is 15.5 Å². The Balaban J connectivity index is 2.19. The van der Waals surface area contributed by atoms with E-state index in [-0.39, 0.29) is 0 Å². The molecule has 0 aliphatic rings. The van der Waals surface area contributed by atoms with Crippen LogP contribution in [-0.2, 0) is 10.8 Å². The van der Waals surface area contributed by atoms with E-state index in [4.69, 9.17) is 0 Å². The van der Waals surface area contributed by atoms with Crippen LogP contribution in [0.3, 0.4) is 0 Å². The van der Waals surface area contributed by atoms with Crippen molar-refractivity contribution in [2.45, 2.75) is 0 Å². The first kappa shape index (κ1) is 8.61. The molecule has 1 rings (SSSR count). The van der Waals surface area contributed by atoms with E-state index < -0.39 is 10.8 Å². The van der Waals surface area contributed by atoms with Crippen molar-refractivity contribution < 1.29 is 4.21 Å². The minimum Gasteiger partial charge on any atom is -0.359 e. The maximum atomic E-state index is 10.6. The number of nitrogens with zero attached hydrogens (tertiary/aromatic N) is 2. The van der Waals surface area contributed by atoms with E-state index in [9.17, 15) is 4.21 Å². The van der Waals surface area contributed by atoms with Gasteiger partial charge in [0, 0.05) is 29.4 Å². The molecule has 6 heteroatoms. The standard InChI is InChI=1S/C5H9N3OS2/c1-11(9)3-2-6-5-8-7-4-10-5/h4H,2-3H2,1H3,(H,6,8). The van der Waals surface area contributed by atoms with Crippen molar-refractivity contribution >= 4 is 27.3 Å². The number of nitrogens with one attached hydrogen (secondary N) is 1. The lowest BCUT2D eigenvalue weighted by atomic mass is 10.7. The maximum absolute atomic E-state index is 10.6. The summed E-state index contributed by atoms with van der Waals surface area (Å²) in [6, 6.07) is 0. The van der Waals surface area contributed by atoms with Crippen molar-refractivity contribution in [2.75, 3.05) is 23.9 Å². The number of anilines is 1. The topological polar surface area (TPSA) is 54.9 Å². The molecule has 11 heavy (non-hydrogen) atoms. The summed E-state index contributed by atoms with van der Waals surface area (Å²) in [5.74, 6) is 0.652. The second kappa shape index (κ2) is 4.40. The van der Waals surface area contributed by atoms with Gasteiger partial charge in [-0.05, 0) is 0 Å². The van der Waals surface area contributed by atoms with Crippen LogP contribution in [-0.4, -0.2) is 33.0 Å². The molecule has 0 amide bonds. The molecule has 1 N–H and O–H groups in total. The molecule has 0 aliphatic carbocycles. The van der Waals surface area contributed by atoms with Gasteiger partial charge < -0.3 is 5.32 Å².